The number of methoxy groups -OCH3 is 1. The van der Waals surface area contributed by atoms with E-state index in [0.29, 0.717) is 17.4 Å². The summed E-state index contributed by atoms with van der Waals surface area (Å²) < 4.78 is 6.30. The number of rotatable bonds is 6. The molecular formula is C24H31ClN2O2. The molecule has 0 spiro atoms. The lowest BCUT2D eigenvalue weighted by Gasteiger charge is -2.55. The van der Waals surface area contributed by atoms with Crippen LogP contribution in [0.2, 0.25) is 0 Å². The topological polar surface area (TPSA) is 55.6 Å². The zero-order chi connectivity index (χ0) is 19.6. The number of benzene rings is 2. The average Bonchev–Trinajstić information content (AvgIpc) is 2.72. The molecule has 2 aliphatic rings. The van der Waals surface area contributed by atoms with E-state index < -0.39 is 0 Å². The molecule has 0 radical (unpaired) electrons. The molecule has 5 heteroatoms. The monoisotopic (exact) mass is 414 g/mol. The third-order valence-electron chi connectivity index (χ3n) is 6.77. The molecule has 0 aromatic heterocycles. The number of nitrogens with two attached hydrogens (primary N) is 1. The van der Waals surface area contributed by atoms with Crippen molar-refractivity contribution in [3.63, 3.8) is 0 Å². The normalized spacial score (nSPS) is 26.5. The fourth-order valence-electron chi connectivity index (χ4n) is 5.48. The van der Waals surface area contributed by atoms with E-state index in [-0.39, 0.29) is 23.9 Å². The zero-order valence-electron chi connectivity index (χ0n) is 17.0. The number of piperidine rings is 1. The van der Waals surface area contributed by atoms with Gasteiger partial charge in [-0.3, -0.25) is 4.79 Å². The minimum absolute atomic E-state index is 0. The summed E-state index contributed by atoms with van der Waals surface area (Å²) in [5, 5.41) is 0. The van der Waals surface area contributed by atoms with Crippen LogP contribution >= 0.6 is 12.4 Å². The molecule has 1 saturated carbocycles. The van der Waals surface area contributed by atoms with Crippen molar-refractivity contribution in [2.45, 2.75) is 31.3 Å². The highest BCUT2D eigenvalue weighted by atomic mass is 35.5. The molecule has 1 aliphatic carbocycles. The van der Waals surface area contributed by atoms with Gasteiger partial charge in [-0.2, -0.15) is 0 Å². The number of amides is 1. The maximum atomic E-state index is 11.7. The number of hydrogen-bond acceptors (Lipinski definition) is 3. The lowest BCUT2D eigenvalue weighted by molar-refractivity contribution is -0.168. The smallest absolute Gasteiger partial charge is 0.248 e. The van der Waals surface area contributed by atoms with E-state index in [0.717, 1.165) is 44.5 Å². The van der Waals surface area contributed by atoms with Crippen molar-refractivity contribution in [2.75, 3.05) is 26.7 Å². The van der Waals surface area contributed by atoms with Crippen molar-refractivity contribution in [2.24, 2.45) is 17.6 Å². The molecule has 2 bridgehead atoms. The van der Waals surface area contributed by atoms with Crippen molar-refractivity contribution in [3.05, 3.63) is 71.3 Å². The van der Waals surface area contributed by atoms with Gasteiger partial charge >= 0.3 is 0 Å². The molecule has 0 unspecified atom stereocenters. The highest BCUT2D eigenvalue weighted by molar-refractivity contribution is 5.92. The standard InChI is InChI=1S/C24H30N2O2.ClH/c1-28-24(20-10-5-9-19(15-20)23(25)27)21-11-6-12-22(24)17-26(16-21)14-13-18-7-3-2-4-8-18;/h2-5,7-10,15,21-22H,6,11-14,16-17H2,1H3,(H2,25,27);1H/t21-,22+,24+;. The fraction of sp³-hybridized carbons (Fsp3) is 0.458. The van der Waals surface area contributed by atoms with E-state index in [4.69, 9.17) is 10.5 Å². The van der Waals surface area contributed by atoms with Gasteiger partial charge in [-0.15, -0.1) is 12.4 Å². The minimum atomic E-state index is -0.376. The summed E-state index contributed by atoms with van der Waals surface area (Å²) in [6.07, 6.45) is 4.65. The first-order valence-electron chi connectivity index (χ1n) is 10.3. The Morgan fingerprint density at radius 3 is 2.41 bits per heavy atom. The van der Waals surface area contributed by atoms with Crippen molar-refractivity contribution >= 4 is 18.3 Å². The number of likely N-dealkylation sites (tertiary alicyclic amines) is 1. The number of hydrogen-bond donors (Lipinski definition) is 1. The Hall–Kier alpha value is -1.88. The molecule has 1 aliphatic heterocycles. The molecule has 2 fully saturated rings. The predicted octanol–water partition coefficient (Wildman–Crippen LogP) is 4.02. The summed E-state index contributed by atoms with van der Waals surface area (Å²) in [5.74, 6) is 0.492. The molecular weight excluding hydrogens is 384 g/mol. The first-order valence-corrected chi connectivity index (χ1v) is 10.3. The van der Waals surface area contributed by atoms with Crippen LogP contribution in [0.3, 0.4) is 0 Å². The molecule has 1 amide bonds. The van der Waals surface area contributed by atoms with Crippen molar-refractivity contribution in [1.29, 1.82) is 0 Å². The largest absolute Gasteiger partial charge is 0.373 e. The Bertz CT molecular complexity index is 813. The van der Waals surface area contributed by atoms with Crippen LogP contribution in [0.15, 0.2) is 54.6 Å². The van der Waals surface area contributed by atoms with E-state index in [9.17, 15) is 4.79 Å². The van der Waals surface area contributed by atoms with E-state index in [1.54, 1.807) is 6.07 Å². The van der Waals surface area contributed by atoms with Crippen LogP contribution < -0.4 is 5.73 Å². The maximum absolute atomic E-state index is 11.7. The Morgan fingerprint density at radius 1 is 1.10 bits per heavy atom. The quantitative estimate of drug-likeness (QED) is 0.776. The highest BCUT2D eigenvalue weighted by Gasteiger charge is 2.53. The average molecular weight is 415 g/mol. The summed E-state index contributed by atoms with van der Waals surface area (Å²) in [4.78, 5) is 14.3. The van der Waals surface area contributed by atoms with Crippen LogP contribution in [0.25, 0.3) is 0 Å². The Balaban J connectivity index is 0.00000240. The van der Waals surface area contributed by atoms with Crippen LogP contribution in [0, 0.1) is 11.8 Å². The maximum Gasteiger partial charge on any atom is 0.248 e. The summed E-state index contributed by atoms with van der Waals surface area (Å²) in [5.41, 5.74) is 8.31. The van der Waals surface area contributed by atoms with E-state index >= 15 is 0 Å². The fourth-order valence-corrected chi connectivity index (χ4v) is 5.48. The molecule has 29 heavy (non-hydrogen) atoms. The van der Waals surface area contributed by atoms with Crippen LogP contribution in [0.1, 0.15) is 40.7 Å². The van der Waals surface area contributed by atoms with E-state index in [1.807, 2.05) is 19.2 Å². The lowest BCUT2D eigenvalue weighted by Crippen LogP contribution is -2.59. The molecule has 3 atom stereocenters. The van der Waals surface area contributed by atoms with E-state index in [2.05, 4.69) is 41.3 Å². The van der Waals surface area contributed by atoms with Crippen LogP contribution in [0.5, 0.6) is 0 Å². The van der Waals surface area contributed by atoms with Crippen molar-refractivity contribution < 1.29 is 9.53 Å². The number of carbonyl (C=O) groups excluding carboxylic acids is 1. The summed E-state index contributed by atoms with van der Waals surface area (Å²) in [6, 6.07) is 18.5. The van der Waals surface area contributed by atoms with Gasteiger partial charge in [0.1, 0.15) is 5.60 Å². The molecule has 2 aromatic rings. The summed E-state index contributed by atoms with van der Waals surface area (Å²) >= 11 is 0. The molecule has 4 rings (SSSR count). The minimum Gasteiger partial charge on any atom is -0.373 e. The Morgan fingerprint density at radius 2 is 1.79 bits per heavy atom. The van der Waals surface area contributed by atoms with Gasteiger partial charge in [0, 0.05) is 44.1 Å². The van der Waals surface area contributed by atoms with Gasteiger partial charge in [-0.05, 0) is 42.5 Å². The molecule has 156 valence electrons. The molecule has 2 aromatic carbocycles. The predicted molar refractivity (Wildman–Crippen MR) is 118 cm³/mol. The van der Waals surface area contributed by atoms with Gasteiger partial charge in [-0.1, -0.05) is 48.9 Å². The van der Waals surface area contributed by atoms with Crippen molar-refractivity contribution in [1.82, 2.24) is 4.90 Å². The number of nitrogens with zero attached hydrogens (tertiary/aromatic N) is 1. The van der Waals surface area contributed by atoms with Crippen LogP contribution in [-0.2, 0) is 16.8 Å². The van der Waals surface area contributed by atoms with Gasteiger partial charge in [0.05, 0.1) is 0 Å². The third-order valence-corrected chi connectivity index (χ3v) is 6.77. The Kier molecular flexibility index (Phi) is 6.99. The Labute approximate surface area is 179 Å². The third kappa shape index (κ3) is 4.20. The van der Waals surface area contributed by atoms with Gasteiger partial charge in [0.2, 0.25) is 5.91 Å². The van der Waals surface area contributed by atoms with Crippen molar-refractivity contribution in [3.8, 4) is 0 Å². The van der Waals surface area contributed by atoms with Gasteiger partial charge in [-0.25, -0.2) is 0 Å². The summed E-state index contributed by atoms with van der Waals surface area (Å²) in [7, 11) is 1.84. The van der Waals surface area contributed by atoms with Crippen LogP contribution in [0.4, 0.5) is 0 Å². The SMILES string of the molecule is CO[C@@]1(c2cccc(C(N)=O)c2)[C@@H]2CCC[C@H]1CN(CCc1ccccc1)C2.Cl. The highest BCUT2D eigenvalue weighted by Crippen LogP contribution is 2.51. The molecule has 4 nitrogen and oxygen atoms in total. The molecule has 2 N–H and O–H groups in total. The van der Waals surface area contributed by atoms with Gasteiger partial charge < -0.3 is 15.4 Å². The molecule has 1 heterocycles. The molecule has 1 saturated heterocycles. The second kappa shape index (κ2) is 9.29. The van der Waals surface area contributed by atoms with E-state index in [1.165, 1.54) is 12.0 Å². The second-order valence-electron chi connectivity index (χ2n) is 8.26. The number of primary amides is 1. The van der Waals surface area contributed by atoms with Gasteiger partial charge in [0.25, 0.3) is 0 Å². The first kappa shape index (κ1) is 21.8. The van der Waals surface area contributed by atoms with Crippen LogP contribution in [-0.4, -0.2) is 37.6 Å². The number of ether oxygens (including phenoxy) is 1. The zero-order valence-corrected chi connectivity index (χ0v) is 17.9. The number of carbonyl (C=O) groups is 1. The first-order chi connectivity index (χ1) is 13.6. The number of fused-ring (bicyclic) bond motifs is 2. The number of halogens is 1. The lowest BCUT2D eigenvalue weighted by atomic mass is 9.62. The second-order valence-corrected chi connectivity index (χ2v) is 8.26. The van der Waals surface area contributed by atoms with Gasteiger partial charge in [0.15, 0.2) is 0 Å². The summed E-state index contributed by atoms with van der Waals surface area (Å²) in [6.45, 7) is 3.16.